The SMILES string of the molecule is C=CCCCCCC(=O)NCN(CCC(=O)O)CC(C)O. The monoisotopic (exact) mass is 300 g/mol. The number of allylic oxidation sites excluding steroid dienone is 1. The number of carboxylic acid groups (broad SMARTS) is 1. The number of amides is 1. The van der Waals surface area contributed by atoms with Crippen LogP contribution in [0.1, 0.15) is 45.4 Å². The van der Waals surface area contributed by atoms with Crippen LogP contribution in [-0.2, 0) is 9.59 Å². The van der Waals surface area contributed by atoms with Crippen LogP contribution in [0, 0.1) is 0 Å². The lowest BCUT2D eigenvalue weighted by molar-refractivity contribution is -0.137. The highest BCUT2D eigenvalue weighted by Crippen LogP contribution is 2.03. The third kappa shape index (κ3) is 13.3. The third-order valence-corrected chi connectivity index (χ3v) is 2.98. The van der Waals surface area contributed by atoms with Crippen LogP contribution in [0.4, 0.5) is 0 Å². The van der Waals surface area contributed by atoms with Crippen LogP contribution in [0.25, 0.3) is 0 Å². The normalized spacial score (nSPS) is 12.1. The van der Waals surface area contributed by atoms with Crippen LogP contribution in [0.15, 0.2) is 12.7 Å². The largest absolute Gasteiger partial charge is 0.481 e. The van der Waals surface area contributed by atoms with Crippen molar-refractivity contribution in [3.63, 3.8) is 0 Å². The highest BCUT2D eigenvalue weighted by molar-refractivity contribution is 5.75. The summed E-state index contributed by atoms with van der Waals surface area (Å²) in [6, 6.07) is 0. The number of carbonyl (C=O) groups is 2. The Morgan fingerprint density at radius 3 is 2.57 bits per heavy atom. The molecule has 0 aromatic rings. The number of aliphatic hydroxyl groups excluding tert-OH is 1. The minimum Gasteiger partial charge on any atom is -0.481 e. The average molecular weight is 300 g/mol. The Balaban J connectivity index is 3.89. The number of nitrogens with one attached hydrogen (secondary N) is 1. The number of carboxylic acids is 1. The van der Waals surface area contributed by atoms with Crippen LogP contribution in [0.2, 0.25) is 0 Å². The fraction of sp³-hybridized carbons (Fsp3) is 0.733. The van der Waals surface area contributed by atoms with Crippen molar-refractivity contribution in [3.8, 4) is 0 Å². The molecule has 0 saturated carbocycles. The Bertz CT molecular complexity index is 319. The number of carbonyl (C=O) groups excluding carboxylic acids is 1. The highest BCUT2D eigenvalue weighted by Gasteiger charge is 2.11. The number of unbranched alkanes of at least 4 members (excludes halogenated alkanes) is 3. The zero-order valence-corrected chi connectivity index (χ0v) is 12.9. The molecule has 0 fully saturated rings. The molecule has 0 aromatic heterocycles. The Hall–Kier alpha value is -1.40. The van der Waals surface area contributed by atoms with Crippen molar-refractivity contribution in [2.24, 2.45) is 0 Å². The van der Waals surface area contributed by atoms with E-state index in [1.54, 1.807) is 11.8 Å². The molecule has 0 radical (unpaired) electrons. The van der Waals surface area contributed by atoms with Gasteiger partial charge in [-0.25, -0.2) is 0 Å². The van der Waals surface area contributed by atoms with E-state index in [0.29, 0.717) is 19.5 Å². The van der Waals surface area contributed by atoms with Gasteiger partial charge in [-0.05, 0) is 26.2 Å². The van der Waals surface area contributed by atoms with Gasteiger partial charge in [0, 0.05) is 19.5 Å². The molecule has 0 saturated heterocycles. The van der Waals surface area contributed by atoms with Gasteiger partial charge in [-0.15, -0.1) is 6.58 Å². The maximum absolute atomic E-state index is 11.7. The van der Waals surface area contributed by atoms with Gasteiger partial charge in [0.05, 0.1) is 19.2 Å². The first-order valence-corrected chi connectivity index (χ1v) is 7.45. The Kier molecular flexibility index (Phi) is 11.5. The first-order valence-electron chi connectivity index (χ1n) is 7.45. The third-order valence-electron chi connectivity index (χ3n) is 2.98. The van der Waals surface area contributed by atoms with E-state index in [9.17, 15) is 14.7 Å². The fourth-order valence-electron chi connectivity index (χ4n) is 1.90. The molecule has 0 aliphatic heterocycles. The molecule has 0 bridgehead atoms. The predicted molar refractivity (Wildman–Crippen MR) is 81.8 cm³/mol. The first-order chi connectivity index (χ1) is 9.95. The van der Waals surface area contributed by atoms with Crippen LogP contribution in [0.5, 0.6) is 0 Å². The minimum absolute atomic E-state index is 0.00978. The molecule has 122 valence electrons. The lowest BCUT2D eigenvalue weighted by atomic mass is 10.1. The molecule has 1 unspecified atom stereocenters. The summed E-state index contributed by atoms with van der Waals surface area (Å²) in [7, 11) is 0. The Morgan fingerprint density at radius 2 is 2.00 bits per heavy atom. The number of aliphatic hydroxyl groups is 1. The minimum atomic E-state index is -0.890. The Labute approximate surface area is 126 Å². The molecular weight excluding hydrogens is 272 g/mol. The molecule has 0 heterocycles. The van der Waals surface area contributed by atoms with Gasteiger partial charge in [0.2, 0.25) is 5.91 Å². The number of rotatable bonds is 13. The van der Waals surface area contributed by atoms with Crippen molar-refractivity contribution >= 4 is 11.9 Å². The lowest BCUT2D eigenvalue weighted by Gasteiger charge is -2.23. The average Bonchev–Trinajstić information content (AvgIpc) is 2.41. The summed E-state index contributed by atoms with van der Waals surface area (Å²) >= 11 is 0. The number of hydrogen-bond donors (Lipinski definition) is 3. The fourth-order valence-corrected chi connectivity index (χ4v) is 1.90. The second-order valence-corrected chi connectivity index (χ2v) is 5.22. The molecular formula is C15H28N2O4. The van der Waals surface area contributed by atoms with Crippen LogP contribution >= 0.6 is 0 Å². The number of hydrogen-bond acceptors (Lipinski definition) is 4. The maximum atomic E-state index is 11.7. The predicted octanol–water partition coefficient (Wildman–Crippen LogP) is 1.35. The van der Waals surface area contributed by atoms with E-state index in [4.69, 9.17) is 5.11 Å². The zero-order chi connectivity index (χ0) is 16.1. The quantitative estimate of drug-likeness (QED) is 0.271. The molecule has 0 aliphatic carbocycles. The summed E-state index contributed by atoms with van der Waals surface area (Å²) in [5.41, 5.74) is 0. The van der Waals surface area contributed by atoms with Crippen molar-refractivity contribution in [1.82, 2.24) is 10.2 Å². The van der Waals surface area contributed by atoms with Crippen molar-refractivity contribution in [2.75, 3.05) is 19.8 Å². The summed E-state index contributed by atoms with van der Waals surface area (Å²) in [6.45, 7) is 6.20. The first kappa shape index (κ1) is 19.6. The molecule has 6 nitrogen and oxygen atoms in total. The number of aliphatic carboxylic acids is 1. The summed E-state index contributed by atoms with van der Waals surface area (Å²) in [5, 5.41) is 20.8. The van der Waals surface area contributed by atoms with E-state index in [1.165, 1.54) is 0 Å². The van der Waals surface area contributed by atoms with Gasteiger partial charge >= 0.3 is 5.97 Å². The zero-order valence-electron chi connectivity index (χ0n) is 12.9. The van der Waals surface area contributed by atoms with E-state index < -0.39 is 12.1 Å². The van der Waals surface area contributed by atoms with Crippen molar-refractivity contribution in [1.29, 1.82) is 0 Å². The van der Waals surface area contributed by atoms with Gasteiger partial charge < -0.3 is 15.5 Å². The molecule has 1 atom stereocenters. The van der Waals surface area contributed by atoms with Gasteiger partial charge in [-0.2, -0.15) is 0 Å². The van der Waals surface area contributed by atoms with Crippen LogP contribution in [0.3, 0.4) is 0 Å². The van der Waals surface area contributed by atoms with E-state index in [0.717, 1.165) is 25.7 Å². The van der Waals surface area contributed by atoms with Gasteiger partial charge in [-0.3, -0.25) is 14.5 Å². The molecule has 21 heavy (non-hydrogen) atoms. The summed E-state index contributed by atoms with van der Waals surface area (Å²) in [4.78, 5) is 24.0. The van der Waals surface area contributed by atoms with Gasteiger partial charge in [0.15, 0.2) is 0 Å². The second-order valence-electron chi connectivity index (χ2n) is 5.22. The lowest BCUT2D eigenvalue weighted by Crippen LogP contribution is -2.41. The van der Waals surface area contributed by atoms with Crippen LogP contribution in [-0.4, -0.2) is 52.9 Å². The van der Waals surface area contributed by atoms with Crippen molar-refractivity contribution < 1.29 is 19.8 Å². The summed E-state index contributed by atoms with van der Waals surface area (Å²) in [6.07, 6.45) is 5.62. The molecule has 0 aromatic carbocycles. The molecule has 0 aliphatic rings. The van der Waals surface area contributed by atoms with Crippen molar-refractivity contribution in [2.45, 2.75) is 51.6 Å². The second kappa shape index (κ2) is 12.3. The van der Waals surface area contributed by atoms with E-state index in [2.05, 4.69) is 11.9 Å². The highest BCUT2D eigenvalue weighted by atomic mass is 16.4. The van der Waals surface area contributed by atoms with E-state index >= 15 is 0 Å². The van der Waals surface area contributed by atoms with E-state index in [-0.39, 0.29) is 19.0 Å². The smallest absolute Gasteiger partial charge is 0.304 e. The number of nitrogens with zero attached hydrogens (tertiary/aromatic N) is 1. The van der Waals surface area contributed by atoms with Crippen LogP contribution < -0.4 is 5.32 Å². The van der Waals surface area contributed by atoms with Crippen molar-refractivity contribution in [3.05, 3.63) is 12.7 Å². The Morgan fingerprint density at radius 1 is 1.29 bits per heavy atom. The molecule has 6 heteroatoms. The summed E-state index contributed by atoms with van der Waals surface area (Å²) in [5.74, 6) is -0.932. The topological polar surface area (TPSA) is 89.9 Å². The maximum Gasteiger partial charge on any atom is 0.304 e. The summed E-state index contributed by atoms with van der Waals surface area (Å²) < 4.78 is 0. The standard InChI is InChI=1S/C15H28N2O4/c1-3-4-5-6-7-8-14(19)16-12-17(11-13(2)18)10-9-15(20)21/h3,13,18H,1,4-12H2,2H3,(H,16,19)(H,20,21). The molecule has 0 spiro atoms. The molecule has 3 N–H and O–H groups in total. The van der Waals surface area contributed by atoms with Gasteiger partial charge in [0.25, 0.3) is 0 Å². The molecule has 0 rings (SSSR count). The van der Waals surface area contributed by atoms with Gasteiger partial charge in [-0.1, -0.05) is 12.5 Å². The van der Waals surface area contributed by atoms with E-state index in [1.807, 2.05) is 6.08 Å². The van der Waals surface area contributed by atoms with Gasteiger partial charge in [0.1, 0.15) is 0 Å². The molecule has 1 amide bonds.